The number of sulfonamides is 1. The number of thioether (sulfide) groups is 1. The minimum Gasteiger partial charge on any atom is -0.356 e. The molecule has 0 unspecified atom stereocenters. The highest BCUT2D eigenvalue weighted by atomic mass is 32.2. The molecule has 2 aromatic carbocycles. The van der Waals surface area contributed by atoms with Gasteiger partial charge in [0.1, 0.15) is 5.82 Å². The number of rotatable bonds is 9. The molecule has 1 fully saturated rings. The van der Waals surface area contributed by atoms with Gasteiger partial charge in [0.05, 0.1) is 0 Å². The quantitative estimate of drug-likeness (QED) is 0.449. The maximum absolute atomic E-state index is 12.9. The van der Waals surface area contributed by atoms with Gasteiger partial charge < -0.3 is 5.32 Å². The summed E-state index contributed by atoms with van der Waals surface area (Å²) >= 11 is 1.62. The van der Waals surface area contributed by atoms with Crippen LogP contribution in [0.2, 0.25) is 0 Å². The van der Waals surface area contributed by atoms with Crippen LogP contribution in [-0.4, -0.2) is 44.0 Å². The second-order valence-electron chi connectivity index (χ2n) is 7.38. The lowest BCUT2D eigenvalue weighted by Crippen LogP contribution is -2.42. The van der Waals surface area contributed by atoms with E-state index in [9.17, 15) is 17.6 Å². The summed E-state index contributed by atoms with van der Waals surface area (Å²) in [5, 5.41) is 4.19. The topological polar surface area (TPSA) is 66.5 Å². The number of nitrogens with one attached hydrogen (secondary N) is 1. The zero-order chi connectivity index (χ0) is 22.1. The fourth-order valence-corrected chi connectivity index (χ4v) is 5.41. The molecule has 1 N–H and O–H groups in total. The summed E-state index contributed by atoms with van der Waals surface area (Å²) in [5.41, 5.74) is 0.831. The molecule has 8 heteroatoms. The van der Waals surface area contributed by atoms with E-state index in [1.807, 2.05) is 30.3 Å². The average Bonchev–Trinajstić information content (AvgIpc) is 2.79. The lowest BCUT2D eigenvalue weighted by atomic mass is 9.97. The lowest BCUT2D eigenvalue weighted by Gasteiger charge is -2.29. The summed E-state index contributed by atoms with van der Waals surface area (Å²) in [5.74, 6) is 0.414. The Balaban J connectivity index is 1.36. The number of carbonyl (C=O) groups excluding carboxylic acids is 1. The number of carbonyl (C=O) groups is 1. The molecule has 1 heterocycles. The van der Waals surface area contributed by atoms with E-state index < -0.39 is 10.0 Å². The normalized spacial score (nSPS) is 15.9. The number of piperidine rings is 1. The van der Waals surface area contributed by atoms with Crippen molar-refractivity contribution in [2.75, 3.05) is 25.4 Å². The number of hydrogen-bond acceptors (Lipinski definition) is 4. The molecule has 1 aliphatic heterocycles. The van der Waals surface area contributed by atoms with Gasteiger partial charge in [-0.1, -0.05) is 30.3 Å². The van der Waals surface area contributed by atoms with Crippen molar-refractivity contribution in [2.24, 2.45) is 5.92 Å². The third-order valence-electron chi connectivity index (χ3n) is 5.12. The molecule has 0 spiro atoms. The van der Waals surface area contributed by atoms with Crippen LogP contribution >= 0.6 is 11.8 Å². The smallest absolute Gasteiger partial charge is 0.236 e. The van der Waals surface area contributed by atoms with Gasteiger partial charge in [-0.15, -0.1) is 11.8 Å². The average molecular weight is 463 g/mol. The molecule has 0 aliphatic carbocycles. The second kappa shape index (κ2) is 11.5. The van der Waals surface area contributed by atoms with Gasteiger partial charge in [-0.25, -0.2) is 12.8 Å². The molecular weight excluding hydrogens is 435 g/mol. The second-order valence-corrected chi connectivity index (χ2v) is 10.4. The van der Waals surface area contributed by atoms with Crippen molar-refractivity contribution in [3.8, 4) is 0 Å². The van der Waals surface area contributed by atoms with E-state index >= 15 is 0 Å². The highest BCUT2D eigenvalue weighted by Gasteiger charge is 2.29. The zero-order valence-electron chi connectivity index (χ0n) is 17.2. The molecule has 0 aromatic heterocycles. The van der Waals surface area contributed by atoms with E-state index in [0.717, 1.165) is 22.6 Å². The van der Waals surface area contributed by atoms with Crippen molar-refractivity contribution in [2.45, 2.75) is 24.2 Å². The van der Waals surface area contributed by atoms with Gasteiger partial charge in [-0.2, -0.15) is 4.31 Å². The zero-order valence-corrected chi connectivity index (χ0v) is 18.9. The number of amides is 1. The third kappa shape index (κ3) is 7.48. The van der Waals surface area contributed by atoms with Gasteiger partial charge in [-0.05, 0) is 60.9 Å². The Morgan fingerprint density at radius 3 is 2.45 bits per heavy atom. The van der Waals surface area contributed by atoms with Crippen molar-refractivity contribution >= 4 is 33.8 Å². The largest absolute Gasteiger partial charge is 0.356 e. The van der Waals surface area contributed by atoms with E-state index in [0.29, 0.717) is 32.5 Å². The maximum atomic E-state index is 12.9. The van der Waals surface area contributed by atoms with Crippen LogP contribution in [0.1, 0.15) is 24.8 Å². The summed E-state index contributed by atoms with van der Waals surface area (Å²) in [7, 11) is -3.49. The maximum Gasteiger partial charge on any atom is 0.236 e. The molecule has 1 amide bonds. The minimum absolute atomic E-state index is 0.0105. The first-order valence-electron chi connectivity index (χ1n) is 10.3. The molecule has 0 atom stereocenters. The fourth-order valence-electron chi connectivity index (χ4n) is 3.34. The summed E-state index contributed by atoms with van der Waals surface area (Å²) in [4.78, 5) is 13.4. The Hall–Kier alpha value is -2.16. The van der Waals surface area contributed by atoms with Gasteiger partial charge in [0, 0.05) is 35.9 Å². The molecule has 2 aromatic rings. The Bertz CT molecular complexity index is 972. The molecule has 0 bridgehead atoms. The Labute approximate surface area is 187 Å². The SMILES string of the molecule is O=C(NCCCSc1ccc(F)cc1)C1CCN(S(=O)(=O)C=Cc2ccccc2)CC1. The van der Waals surface area contributed by atoms with Crippen molar-refractivity contribution in [3.63, 3.8) is 0 Å². The molecular formula is C23H27FN2O3S2. The predicted molar refractivity (Wildman–Crippen MR) is 123 cm³/mol. The fraction of sp³-hybridized carbons (Fsp3) is 0.348. The first-order valence-corrected chi connectivity index (χ1v) is 12.8. The van der Waals surface area contributed by atoms with Crippen molar-refractivity contribution in [1.29, 1.82) is 0 Å². The van der Waals surface area contributed by atoms with Gasteiger partial charge >= 0.3 is 0 Å². The van der Waals surface area contributed by atoms with Crippen molar-refractivity contribution < 1.29 is 17.6 Å². The monoisotopic (exact) mass is 462 g/mol. The number of hydrogen-bond donors (Lipinski definition) is 1. The van der Waals surface area contributed by atoms with E-state index in [-0.39, 0.29) is 17.6 Å². The summed E-state index contributed by atoms with van der Waals surface area (Å²) in [6.45, 7) is 1.27. The van der Waals surface area contributed by atoms with Crippen LogP contribution in [0.15, 0.2) is 64.9 Å². The summed E-state index contributed by atoms with van der Waals surface area (Å²) in [6.07, 6.45) is 3.45. The number of benzene rings is 2. The summed E-state index contributed by atoms with van der Waals surface area (Å²) < 4.78 is 39.4. The molecule has 166 valence electrons. The van der Waals surface area contributed by atoms with Crippen molar-refractivity contribution in [1.82, 2.24) is 9.62 Å². The van der Waals surface area contributed by atoms with E-state index in [4.69, 9.17) is 0 Å². The first-order chi connectivity index (χ1) is 14.9. The molecule has 1 saturated heterocycles. The van der Waals surface area contributed by atoms with Crippen LogP contribution in [0, 0.1) is 11.7 Å². The predicted octanol–water partition coefficient (Wildman–Crippen LogP) is 4.14. The number of halogens is 1. The Kier molecular flexibility index (Phi) is 8.69. The van der Waals surface area contributed by atoms with E-state index in [1.54, 1.807) is 30.0 Å². The van der Waals surface area contributed by atoms with Gasteiger partial charge in [-0.3, -0.25) is 4.79 Å². The van der Waals surface area contributed by atoms with E-state index in [1.165, 1.54) is 21.8 Å². The van der Waals surface area contributed by atoms with Crippen LogP contribution in [0.4, 0.5) is 4.39 Å². The highest BCUT2D eigenvalue weighted by Crippen LogP contribution is 2.21. The van der Waals surface area contributed by atoms with Crippen molar-refractivity contribution in [3.05, 3.63) is 71.4 Å². The third-order valence-corrected chi connectivity index (χ3v) is 7.78. The van der Waals surface area contributed by atoms with Gasteiger partial charge in [0.2, 0.25) is 15.9 Å². The molecule has 0 radical (unpaired) electrons. The number of nitrogens with zero attached hydrogens (tertiary/aromatic N) is 1. The Morgan fingerprint density at radius 1 is 1.10 bits per heavy atom. The van der Waals surface area contributed by atoms with Crippen LogP contribution in [-0.2, 0) is 14.8 Å². The molecule has 31 heavy (non-hydrogen) atoms. The van der Waals surface area contributed by atoms with E-state index in [2.05, 4.69) is 5.32 Å². The van der Waals surface area contributed by atoms with Crippen LogP contribution in [0.3, 0.4) is 0 Å². The van der Waals surface area contributed by atoms with Crippen LogP contribution in [0.25, 0.3) is 6.08 Å². The lowest BCUT2D eigenvalue weighted by molar-refractivity contribution is -0.126. The van der Waals surface area contributed by atoms with Crippen LogP contribution in [0.5, 0.6) is 0 Å². The summed E-state index contributed by atoms with van der Waals surface area (Å²) in [6, 6.07) is 15.7. The van der Waals surface area contributed by atoms with Gasteiger partial charge in [0.15, 0.2) is 0 Å². The Morgan fingerprint density at radius 2 is 1.77 bits per heavy atom. The molecule has 3 rings (SSSR count). The molecule has 5 nitrogen and oxygen atoms in total. The van der Waals surface area contributed by atoms with Gasteiger partial charge in [0.25, 0.3) is 0 Å². The molecule has 1 aliphatic rings. The highest BCUT2D eigenvalue weighted by molar-refractivity contribution is 7.99. The standard InChI is InChI=1S/C23H27FN2O3S2/c24-21-7-9-22(10-8-21)30-17-4-14-25-23(27)20-11-15-26(16-12-20)31(28,29)18-13-19-5-2-1-3-6-19/h1-3,5-10,13,18,20H,4,11-12,14-17H2,(H,25,27). The molecule has 0 saturated carbocycles. The first kappa shape index (κ1) is 23.5. The van der Waals surface area contributed by atoms with Crippen LogP contribution < -0.4 is 5.32 Å². The minimum atomic E-state index is -3.49.